The molecule has 0 heterocycles. The third kappa shape index (κ3) is 2.58. The summed E-state index contributed by atoms with van der Waals surface area (Å²) in [6, 6.07) is 16.7. The number of benzene rings is 2. The van der Waals surface area contributed by atoms with Crippen LogP contribution in [0, 0.1) is 6.92 Å². The molecule has 0 radical (unpaired) electrons. The third-order valence-corrected chi connectivity index (χ3v) is 3.54. The van der Waals surface area contributed by atoms with E-state index < -0.39 is 0 Å². The van der Waals surface area contributed by atoms with Crippen LogP contribution in [0.15, 0.2) is 48.5 Å². The maximum absolute atomic E-state index is 6.34. The Morgan fingerprint density at radius 2 is 1.44 bits per heavy atom. The second kappa shape index (κ2) is 5.55. The van der Waals surface area contributed by atoms with Gasteiger partial charge in [0.25, 0.3) is 0 Å². The Hall–Kier alpha value is -1.31. The molecular formula is C16H18ClN. The summed E-state index contributed by atoms with van der Waals surface area (Å²) in [5, 5.41) is 0.819. The molecule has 0 saturated carbocycles. The summed E-state index contributed by atoms with van der Waals surface area (Å²) in [4.78, 5) is 2.20. The highest BCUT2D eigenvalue weighted by Gasteiger charge is 2.20. The maximum atomic E-state index is 6.34. The van der Waals surface area contributed by atoms with Gasteiger partial charge in [0.1, 0.15) is 0 Å². The minimum absolute atomic E-state index is 0.194. The van der Waals surface area contributed by atoms with Gasteiger partial charge >= 0.3 is 0 Å². The average molecular weight is 260 g/mol. The van der Waals surface area contributed by atoms with Gasteiger partial charge < -0.3 is 0 Å². The summed E-state index contributed by atoms with van der Waals surface area (Å²) >= 11 is 6.34. The quantitative estimate of drug-likeness (QED) is 0.794. The standard InChI is InChI=1S/C16H18ClN/c1-12-8-4-5-9-13(12)16(18(2)3)14-10-6-7-11-15(14)17/h4-11,16H,1-3H3/t16-/m0/s1. The molecule has 2 rings (SSSR count). The average Bonchev–Trinajstić information content (AvgIpc) is 2.34. The van der Waals surface area contributed by atoms with E-state index in [1.165, 1.54) is 11.1 Å². The molecule has 1 atom stereocenters. The fourth-order valence-corrected chi connectivity index (χ4v) is 2.55. The van der Waals surface area contributed by atoms with Gasteiger partial charge in [0.05, 0.1) is 6.04 Å². The molecule has 0 N–H and O–H groups in total. The molecule has 2 heteroatoms. The molecule has 2 aromatic rings. The van der Waals surface area contributed by atoms with E-state index in [0.717, 1.165) is 10.6 Å². The summed E-state index contributed by atoms with van der Waals surface area (Å²) in [6.45, 7) is 2.14. The molecule has 0 aliphatic rings. The van der Waals surface area contributed by atoms with Crippen LogP contribution in [0.1, 0.15) is 22.7 Å². The normalized spacial score (nSPS) is 12.7. The van der Waals surface area contributed by atoms with Crippen molar-refractivity contribution in [1.82, 2.24) is 4.90 Å². The molecule has 94 valence electrons. The van der Waals surface area contributed by atoms with Gasteiger partial charge in [-0.3, -0.25) is 4.90 Å². The number of nitrogens with zero attached hydrogens (tertiary/aromatic N) is 1. The lowest BCUT2D eigenvalue weighted by atomic mass is 9.94. The molecule has 0 unspecified atom stereocenters. The predicted molar refractivity (Wildman–Crippen MR) is 78.2 cm³/mol. The van der Waals surface area contributed by atoms with Crippen LogP contribution in [0.4, 0.5) is 0 Å². The summed E-state index contributed by atoms with van der Waals surface area (Å²) in [6.07, 6.45) is 0. The van der Waals surface area contributed by atoms with Gasteiger partial charge in [-0.1, -0.05) is 54.1 Å². The molecule has 2 aromatic carbocycles. The Bertz CT molecular complexity index is 489. The molecular weight excluding hydrogens is 242 g/mol. The predicted octanol–water partition coefficient (Wildman–Crippen LogP) is 4.30. The highest BCUT2D eigenvalue weighted by atomic mass is 35.5. The summed E-state index contributed by atoms with van der Waals surface area (Å²) in [5.74, 6) is 0. The van der Waals surface area contributed by atoms with Crippen molar-refractivity contribution < 1.29 is 0 Å². The smallest absolute Gasteiger partial charge is 0.0614 e. The second-order valence-corrected chi connectivity index (χ2v) is 5.15. The molecule has 0 bridgehead atoms. The van der Waals surface area contributed by atoms with Crippen molar-refractivity contribution >= 4 is 11.6 Å². The molecule has 0 aromatic heterocycles. The summed E-state index contributed by atoms with van der Waals surface area (Å²) in [7, 11) is 4.17. The maximum Gasteiger partial charge on any atom is 0.0614 e. The van der Waals surface area contributed by atoms with Crippen molar-refractivity contribution in [3.63, 3.8) is 0 Å². The van der Waals surface area contributed by atoms with Gasteiger partial charge in [0, 0.05) is 5.02 Å². The number of rotatable bonds is 3. The van der Waals surface area contributed by atoms with Crippen LogP contribution in [-0.4, -0.2) is 19.0 Å². The highest BCUT2D eigenvalue weighted by Crippen LogP contribution is 2.33. The molecule has 0 amide bonds. The van der Waals surface area contributed by atoms with E-state index in [1.807, 2.05) is 18.2 Å². The third-order valence-electron chi connectivity index (χ3n) is 3.20. The fraction of sp³-hybridized carbons (Fsp3) is 0.250. The van der Waals surface area contributed by atoms with Crippen molar-refractivity contribution in [3.05, 3.63) is 70.2 Å². The van der Waals surface area contributed by atoms with E-state index in [4.69, 9.17) is 11.6 Å². The lowest BCUT2D eigenvalue weighted by molar-refractivity contribution is 0.341. The fourth-order valence-electron chi connectivity index (χ4n) is 2.31. The van der Waals surface area contributed by atoms with E-state index in [1.54, 1.807) is 0 Å². The number of halogens is 1. The van der Waals surface area contributed by atoms with E-state index in [2.05, 4.69) is 56.3 Å². The van der Waals surface area contributed by atoms with E-state index in [-0.39, 0.29) is 6.04 Å². The summed E-state index contributed by atoms with van der Waals surface area (Å²) in [5.41, 5.74) is 3.74. The first-order chi connectivity index (χ1) is 8.61. The van der Waals surface area contributed by atoms with E-state index >= 15 is 0 Å². The lowest BCUT2D eigenvalue weighted by Gasteiger charge is -2.27. The van der Waals surface area contributed by atoms with Crippen molar-refractivity contribution in [2.24, 2.45) is 0 Å². The minimum Gasteiger partial charge on any atom is -0.298 e. The monoisotopic (exact) mass is 259 g/mol. The number of hydrogen-bond donors (Lipinski definition) is 0. The van der Waals surface area contributed by atoms with Gasteiger partial charge in [-0.05, 0) is 43.8 Å². The first-order valence-electron chi connectivity index (χ1n) is 6.07. The topological polar surface area (TPSA) is 3.24 Å². The van der Waals surface area contributed by atoms with Gasteiger partial charge in [0.15, 0.2) is 0 Å². The first kappa shape index (κ1) is 13.1. The zero-order valence-corrected chi connectivity index (χ0v) is 11.8. The van der Waals surface area contributed by atoms with Crippen LogP contribution in [0.25, 0.3) is 0 Å². The van der Waals surface area contributed by atoms with Gasteiger partial charge in [0.2, 0.25) is 0 Å². The lowest BCUT2D eigenvalue weighted by Crippen LogP contribution is -2.22. The zero-order valence-electron chi connectivity index (χ0n) is 11.0. The SMILES string of the molecule is Cc1ccccc1[C@@H](c1ccccc1Cl)N(C)C. The molecule has 0 aliphatic carbocycles. The highest BCUT2D eigenvalue weighted by molar-refractivity contribution is 6.31. The minimum atomic E-state index is 0.194. The molecule has 0 saturated heterocycles. The van der Waals surface area contributed by atoms with Crippen LogP contribution in [0.2, 0.25) is 5.02 Å². The zero-order chi connectivity index (χ0) is 13.1. The Kier molecular flexibility index (Phi) is 4.05. The van der Waals surface area contributed by atoms with Crippen LogP contribution >= 0.6 is 11.6 Å². The van der Waals surface area contributed by atoms with Crippen LogP contribution in [0.5, 0.6) is 0 Å². The second-order valence-electron chi connectivity index (χ2n) is 4.74. The molecule has 18 heavy (non-hydrogen) atoms. The molecule has 0 aliphatic heterocycles. The van der Waals surface area contributed by atoms with Crippen molar-refractivity contribution in [2.45, 2.75) is 13.0 Å². The molecule has 0 spiro atoms. The Morgan fingerprint density at radius 1 is 0.889 bits per heavy atom. The first-order valence-corrected chi connectivity index (χ1v) is 6.45. The van der Waals surface area contributed by atoms with Crippen LogP contribution in [-0.2, 0) is 0 Å². The van der Waals surface area contributed by atoms with Gasteiger partial charge in [-0.2, -0.15) is 0 Å². The number of hydrogen-bond acceptors (Lipinski definition) is 1. The molecule has 0 fully saturated rings. The Balaban J connectivity index is 2.55. The van der Waals surface area contributed by atoms with E-state index in [9.17, 15) is 0 Å². The number of aryl methyl sites for hydroxylation is 1. The molecule has 1 nitrogen and oxygen atoms in total. The van der Waals surface area contributed by atoms with Crippen molar-refractivity contribution in [3.8, 4) is 0 Å². The Labute approximate surface area is 114 Å². The van der Waals surface area contributed by atoms with Crippen molar-refractivity contribution in [1.29, 1.82) is 0 Å². The van der Waals surface area contributed by atoms with Crippen LogP contribution < -0.4 is 0 Å². The van der Waals surface area contributed by atoms with Crippen molar-refractivity contribution in [2.75, 3.05) is 14.1 Å². The largest absolute Gasteiger partial charge is 0.298 e. The van der Waals surface area contributed by atoms with Gasteiger partial charge in [-0.25, -0.2) is 0 Å². The summed E-state index contributed by atoms with van der Waals surface area (Å²) < 4.78 is 0. The van der Waals surface area contributed by atoms with Crippen LogP contribution in [0.3, 0.4) is 0 Å². The Morgan fingerprint density at radius 3 is 2.00 bits per heavy atom. The van der Waals surface area contributed by atoms with Gasteiger partial charge in [-0.15, -0.1) is 0 Å². The van der Waals surface area contributed by atoms with E-state index in [0.29, 0.717) is 0 Å².